The van der Waals surface area contributed by atoms with Crippen molar-refractivity contribution in [3.63, 3.8) is 0 Å². The minimum Gasteiger partial charge on any atom is -0.449 e. The summed E-state index contributed by atoms with van der Waals surface area (Å²) in [6, 6.07) is 8.82. The Balaban J connectivity index is 1.27. The molecule has 2 aliphatic rings. The van der Waals surface area contributed by atoms with Crippen LogP contribution in [0.15, 0.2) is 35.6 Å². The van der Waals surface area contributed by atoms with Crippen molar-refractivity contribution in [2.75, 3.05) is 18.5 Å². The summed E-state index contributed by atoms with van der Waals surface area (Å²) in [5.74, 6) is 5.82. The maximum atomic E-state index is 12.3. The number of hydrogen-bond acceptors (Lipinski definition) is 8. The van der Waals surface area contributed by atoms with Gasteiger partial charge in [-0.15, -0.1) is 0 Å². The van der Waals surface area contributed by atoms with Crippen LogP contribution in [0, 0.1) is 5.41 Å². The van der Waals surface area contributed by atoms with Crippen LogP contribution in [0.3, 0.4) is 0 Å². The van der Waals surface area contributed by atoms with Crippen molar-refractivity contribution in [3.8, 4) is 0 Å². The molecule has 0 spiro atoms. The van der Waals surface area contributed by atoms with E-state index in [9.17, 15) is 4.79 Å². The number of nitrogens with two attached hydrogens (primary N) is 1. The minimum atomic E-state index is -0.349. The van der Waals surface area contributed by atoms with Gasteiger partial charge < -0.3 is 26.2 Å². The molecular formula is C22H27N7O2. The quantitative estimate of drug-likeness (QED) is 0.272. The number of nitrogens with one attached hydrogen (secondary N) is 2. The fourth-order valence-electron chi connectivity index (χ4n) is 4.06. The van der Waals surface area contributed by atoms with Gasteiger partial charge in [0.15, 0.2) is 0 Å². The summed E-state index contributed by atoms with van der Waals surface area (Å²) >= 11 is 0. The lowest BCUT2D eigenvalue weighted by Gasteiger charge is -2.27. The largest absolute Gasteiger partial charge is 0.449 e. The van der Waals surface area contributed by atoms with E-state index in [2.05, 4.69) is 39.7 Å². The molecule has 0 radical (unpaired) electrons. The predicted molar refractivity (Wildman–Crippen MR) is 118 cm³/mol. The van der Waals surface area contributed by atoms with Crippen molar-refractivity contribution < 1.29 is 9.53 Å². The number of carbonyl (C=O) groups is 1. The van der Waals surface area contributed by atoms with Crippen molar-refractivity contribution in [2.45, 2.75) is 44.7 Å². The van der Waals surface area contributed by atoms with E-state index in [-0.39, 0.29) is 12.7 Å². The van der Waals surface area contributed by atoms with Gasteiger partial charge in [0.05, 0.1) is 24.6 Å². The second-order valence-corrected chi connectivity index (χ2v) is 7.84. The molecule has 0 saturated heterocycles. The Hall–Kier alpha value is -3.49. The molecular weight excluding hydrogens is 394 g/mol. The summed E-state index contributed by atoms with van der Waals surface area (Å²) < 4.78 is 5.34. The molecule has 0 atom stereocenters. The van der Waals surface area contributed by atoms with E-state index in [1.165, 1.54) is 11.1 Å². The third kappa shape index (κ3) is 4.99. The molecule has 0 saturated carbocycles. The second kappa shape index (κ2) is 9.55. The molecule has 2 aromatic rings. The van der Waals surface area contributed by atoms with Crippen LogP contribution in [0.5, 0.6) is 0 Å². The van der Waals surface area contributed by atoms with Gasteiger partial charge in [-0.05, 0) is 36.8 Å². The van der Waals surface area contributed by atoms with Gasteiger partial charge in [0.1, 0.15) is 0 Å². The van der Waals surface area contributed by atoms with Gasteiger partial charge in [0.2, 0.25) is 5.95 Å². The smallest absolute Gasteiger partial charge is 0.410 e. The lowest BCUT2D eigenvalue weighted by Crippen LogP contribution is -2.37. The van der Waals surface area contributed by atoms with Gasteiger partial charge in [0, 0.05) is 37.0 Å². The third-order valence-electron chi connectivity index (χ3n) is 5.71. The zero-order valence-corrected chi connectivity index (χ0v) is 17.4. The Labute approximate surface area is 181 Å². The fraction of sp³-hybridized carbons (Fsp3) is 0.409. The van der Waals surface area contributed by atoms with E-state index in [4.69, 9.17) is 21.0 Å². The average Bonchev–Trinajstić information content (AvgIpc) is 3.21. The van der Waals surface area contributed by atoms with Gasteiger partial charge in [-0.2, -0.15) is 5.10 Å². The molecule has 9 nitrogen and oxygen atoms in total. The van der Waals surface area contributed by atoms with Crippen molar-refractivity contribution in [3.05, 3.63) is 52.8 Å². The van der Waals surface area contributed by atoms with Gasteiger partial charge in [-0.3, -0.25) is 0 Å². The maximum Gasteiger partial charge on any atom is 0.410 e. The van der Waals surface area contributed by atoms with E-state index in [1.54, 1.807) is 11.1 Å². The average molecular weight is 422 g/mol. The number of amides is 1. The Morgan fingerprint density at radius 2 is 2.10 bits per heavy atom. The highest BCUT2D eigenvalue weighted by Crippen LogP contribution is 2.24. The molecule has 162 valence electrons. The van der Waals surface area contributed by atoms with E-state index < -0.39 is 0 Å². The highest BCUT2D eigenvalue weighted by Gasteiger charge is 2.25. The van der Waals surface area contributed by atoms with Crippen molar-refractivity contribution >= 4 is 24.0 Å². The van der Waals surface area contributed by atoms with Crippen LogP contribution in [0.2, 0.25) is 0 Å². The lowest BCUT2D eigenvalue weighted by molar-refractivity contribution is 0.0969. The molecule has 0 fully saturated rings. The summed E-state index contributed by atoms with van der Waals surface area (Å²) in [5, 5.41) is 14.1. The molecule has 31 heavy (non-hydrogen) atoms. The Morgan fingerprint density at radius 3 is 2.81 bits per heavy atom. The number of fused-ring (bicyclic) bond motifs is 2. The molecule has 4 rings (SSSR count). The third-order valence-corrected chi connectivity index (χ3v) is 5.71. The van der Waals surface area contributed by atoms with E-state index in [0.717, 1.165) is 30.3 Å². The summed E-state index contributed by atoms with van der Waals surface area (Å²) in [7, 11) is 0. The Morgan fingerprint density at radius 1 is 1.32 bits per heavy atom. The number of hydrazone groups is 1. The molecule has 1 aromatic heterocycles. The first-order valence-corrected chi connectivity index (χ1v) is 10.5. The summed E-state index contributed by atoms with van der Waals surface area (Å²) in [4.78, 5) is 23.2. The highest BCUT2D eigenvalue weighted by atomic mass is 16.6. The number of hydrogen-bond donors (Lipinski definition) is 3. The molecule has 1 aromatic carbocycles. The zero-order chi connectivity index (χ0) is 21.6. The molecule has 1 aliphatic carbocycles. The van der Waals surface area contributed by atoms with E-state index in [1.807, 2.05) is 0 Å². The molecule has 1 amide bonds. The van der Waals surface area contributed by atoms with Crippen LogP contribution in [0.1, 0.15) is 35.2 Å². The van der Waals surface area contributed by atoms with E-state index >= 15 is 0 Å². The van der Waals surface area contributed by atoms with Gasteiger partial charge in [-0.1, -0.05) is 24.3 Å². The monoisotopic (exact) mass is 421 g/mol. The maximum absolute atomic E-state index is 12.3. The molecule has 1 aliphatic heterocycles. The zero-order valence-electron chi connectivity index (χ0n) is 17.4. The summed E-state index contributed by atoms with van der Waals surface area (Å²) in [6.45, 7) is 1.27. The number of benzene rings is 1. The fourth-order valence-corrected chi connectivity index (χ4v) is 4.06. The first-order valence-electron chi connectivity index (χ1n) is 10.5. The first kappa shape index (κ1) is 20.8. The topological polar surface area (TPSA) is 130 Å². The molecule has 2 heterocycles. The molecule has 4 N–H and O–H groups in total. The van der Waals surface area contributed by atoms with Gasteiger partial charge in [0.25, 0.3) is 0 Å². The molecule has 0 unspecified atom stereocenters. The standard InChI is InChI=1S/C22H27N7O2/c23-12-18(28-24)6-3-9-31-22(30)29-8-7-20-17(14-29)13-25-21(27-20)26-19-10-15-4-1-2-5-16(15)11-19/h1-2,4-5,12-13,19,23H,3,6-11,14,24H2,(H,25,26,27)/b23-12?,28-18-. The number of aromatic nitrogens is 2. The van der Waals surface area contributed by atoms with E-state index in [0.29, 0.717) is 50.1 Å². The van der Waals surface area contributed by atoms with Crippen LogP contribution in [0.4, 0.5) is 10.7 Å². The van der Waals surface area contributed by atoms with Gasteiger partial charge in [-0.25, -0.2) is 14.8 Å². The van der Waals surface area contributed by atoms with Gasteiger partial charge >= 0.3 is 6.09 Å². The van der Waals surface area contributed by atoms with Crippen molar-refractivity contribution in [2.24, 2.45) is 10.9 Å². The van der Waals surface area contributed by atoms with Crippen LogP contribution in [-0.4, -0.2) is 52.1 Å². The Bertz CT molecular complexity index is 967. The number of ether oxygens (including phenoxy) is 1. The minimum absolute atomic E-state index is 0.262. The summed E-state index contributed by atoms with van der Waals surface area (Å²) in [5.41, 5.74) is 5.18. The first-order chi connectivity index (χ1) is 15.2. The predicted octanol–water partition coefficient (Wildman–Crippen LogP) is 2.30. The highest BCUT2D eigenvalue weighted by molar-refractivity contribution is 6.29. The second-order valence-electron chi connectivity index (χ2n) is 7.84. The summed E-state index contributed by atoms with van der Waals surface area (Å²) in [6.07, 6.45) is 6.28. The van der Waals surface area contributed by atoms with Crippen LogP contribution in [0.25, 0.3) is 0 Å². The van der Waals surface area contributed by atoms with Crippen molar-refractivity contribution in [1.29, 1.82) is 5.41 Å². The molecule has 9 heteroatoms. The Kier molecular flexibility index (Phi) is 6.40. The van der Waals surface area contributed by atoms with Crippen LogP contribution in [-0.2, 0) is 30.5 Å². The normalized spacial score (nSPS) is 15.9. The van der Waals surface area contributed by atoms with Crippen LogP contribution >= 0.6 is 0 Å². The number of rotatable bonds is 7. The van der Waals surface area contributed by atoms with Crippen LogP contribution < -0.4 is 11.2 Å². The molecule has 0 bridgehead atoms. The number of nitrogens with zero attached hydrogens (tertiary/aromatic N) is 4. The number of carbonyl (C=O) groups excluding carboxylic acids is 1. The lowest BCUT2D eigenvalue weighted by atomic mass is 10.1. The van der Waals surface area contributed by atoms with Crippen molar-refractivity contribution in [1.82, 2.24) is 14.9 Å². The number of anilines is 1. The SMILES string of the molecule is N=C/C(CCCOC(=O)N1CCc2nc(NC3Cc4ccccc4C3)ncc2C1)=N\N.